The molecule has 0 heterocycles. The standard InChI is InChI=1S/C9H15BrO/c1-3-5-9(4-2)8-11-7-6-10/h3-5H,6-8H2,1-2H3/b5-3-,9-4+. The number of allylic oxidation sites excluding steroid dienone is 2. The Morgan fingerprint density at radius 3 is 2.64 bits per heavy atom. The average molecular weight is 219 g/mol. The molecular weight excluding hydrogens is 204 g/mol. The third kappa shape index (κ3) is 6.32. The number of hydrogen-bond donors (Lipinski definition) is 0. The van der Waals surface area contributed by atoms with Crippen molar-refractivity contribution in [1.29, 1.82) is 0 Å². The van der Waals surface area contributed by atoms with Crippen LogP contribution in [0, 0.1) is 0 Å². The zero-order chi connectivity index (χ0) is 8.53. The van der Waals surface area contributed by atoms with E-state index in [1.54, 1.807) is 0 Å². The summed E-state index contributed by atoms with van der Waals surface area (Å²) in [6.45, 7) is 5.52. The summed E-state index contributed by atoms with van der Waals surface area (Å²) in [6, 6.07) is 0. The maximum atomic E-state index is 5.32. The minimum absolute atomic E-state index is 0.715. The number of hydrogen-bond acceptors (Lipinski definition) is 1. The fraction of sp³-hybridized carbons (Fsp3) is 0.556. The lowest BCUT2D eigenvalue weighted by Gasteiger charge is -2.01. The summed E-state index contributed by atoms with van der Waals surface area (Å²) in [4.78, 5) is 0. The van der Waals surface area contributed by atoms with Gasteiger partial charge in [0.15, 0.2) is 0 Å². The first kappa shape index (κ1) is 10.9. The largest absolute Gasteiger partial charge is 0.376 e. The number of halogens is 1. The van der Waals surface area contributed by atoms with Gasteiger partial charge in [0.1, 0.15) is 0 Å². The van der Waals surface area contributed by atoms with Gasteiger partial charge in [-0.1, -0.05) is 34.2 Å². The second-order valence-corrected chi connectivity index (χ2v) is 2.90. The van der Waals surface area contributed by atoms with Gasteiger partial charge in [0.2, 0.25) is 0 Å². The van der Waals surface area contributed by atoms with E-state index in [9.17, 15) is 0 Å². The minimum Gasteiger partial charge on any atom is -0.376 e. The molecule has 0 radical (unpaired) electrons. The van der Waals surface area contributed by atoms with Crippen LogP contribution in [0.3, 0.4) is 0 Å². The van der Waals surface area contributed by atoms with E-state index in [-0.39, 0.29) is 0 Å². The molecule has 0 saturated carbocycles. The summed E-state index contributed by atoms with van der Waals surface area (Å²) in [5, 5.41) is 0.903. The molecular formula is C9H15BrO. The van der Waals surface area contributed by atoms with Crippen molar-refractivity contribution in [3.05, 3.63) is 23.8 Å². The van der Waals surface area contributed by atoms with E-state index >= 15 is 0 Å². The van der Waals surface area contributed by atoms with Gasteiger partial charge in [0.05, 0.1) is 13.2 Å². The van der Waals surface area contributed by atoms with Gasteiger partial charge in [-0.3, -0.25) is 0 Å². The lowest BCUT2D eigenvalue weighted by Crippen LogP contribution is -1.98. The van der Waals surface area contributed by atoms with Crippen molar-refractivity contribution in [2.45, 2.75) is 13.8 Å². The Morgan fingerprint density at radius 1 is 1.45 bits per heavy atom. The second-order valence-electron chi connectivity index (χ2n) is 2.11. The highest BCUT2D eigenvalue weighted by Crippen LogP contribution is 1.97. The molecule has 0 saturated heterocycles. The van der Waals surface area contributed by atoms with Gasteiger partial charge in [-0.25, -0.2) is 0 Å². The summed E-state index contributed by atoms with van der Waals surface area (Å²) in [7, 11) is 0. The molecule has 0 aliphatic heterocycles. The molecule has 0 aromatic carbocycles. The van der Waals surface area contributed by atoms with E-state index in [2.05, 4.69) is 28.1 Å². The zero-order valence-corrected chi connectivity index (χ0v) is 8.73. The van der Waals surface area contributed by atoms with Gasteiger partial charge in [-0.15, -0.1) is 0 Å². The highest BCUT2D eigenvalue weighted by Gasteiger charge is 1.89. The Hall–Kier alpha value is -0.0800. The van der Waals surface area contributed by atoms with Gasteiger partial charge < -0.3 is 4.74 Å². The monoisotopic (exact) mass is 218 g/mol. The lowest BCUT2D eigenvalue weighted by atomic mass is 10.2. The normalized spacial score (nSPS) is 12.8. The summed E-state index contributed by atoms with van der Waals surface area (Å²) in [5.41, 5.74) is 1.23. The van der Waals surface area contributed by atoms with Crippen molar-refractivity contribution in [3.8, 4) is 0 Å². The van der Waals surface area contributed by atoms with Crippen molar-refractivity contribution in [2.75, 3.05) is 18.5 Å². The van der Waals surface area contributed by atoms with Crippen LogP contribution in [0.1, 0.15) is 13.8 Å². The molecule has 2 heteroatoms. The molecule has 0 amide bonds. The van der Waals surface area contributed by atoms with Crippen molar-refractivity contribution in [1.82, 2.24) is 0 Å². The third-order valence-corrected chi connectivity index (χ3v) is 1.57. The molecule has 0 aliphatic rings. The van der Waals surface area contributed by atoms with Gasteiger partial charge in [-0.2, -0.15) is 0 Å². The van der Waals surface area contributed by atoms with Gasteiger partial charge in [0.25, 0.3) is 0 Å². The second kappa shape index (κ2) is 8.02. The number of ether oxygens (including phenoxy) is 1. The Balaban J connectivity index is 3.54. The maximum Gasteiger partial charge on any atom is 0.0713 e. The smallest absolute Gasteiger partial charge is 0.0713 e. The molecule has 0 aromatic heterocycles. The molecule has 0 N–H and O–H groups in total. The predicted octanol–water partition coefficient (Wildman–Crippen LogP) is 2.92. The van der Waals surface area contributed by atoms with E-state index in [0.29, 0.717) is 6.61 Å². The minimum atomic E-state index is 0.715. The van der Waals surface area contributed by atoms with Gasteiger partial charge >= 0.3 is 0 Å². The molecule has 64 valence electrons. The number of alkyl halides is 1. The van der Waals surface area contributed by atoms with Gasteiger partial charge in [-0.05, 0) is 19.4 Å². The Morgan fingerprint density at radius 2 is 2.18 bits per heavy atom. The van der Waals surface area contributed by atoms with Crippen LogP contribution in [0.2, 0.25) is 0 Å². The lowest BCUT2D eigenvalue weighted by molar-refractivity contribution is 0.176. The zero-order valence-electron chi connectivity index (χ0n) is 7.14. The first-order valence-corrected chi connectivity index (χ1v) is 4.89. The predicted molar refractivity (Wildman–Crippen MR) is 53.2 cm³/mol. The molecule has 11 heavy (non-hydrogen) atoms. The molecule has 0 fully saturated rings. The Bertz CT molecular complexity index is 138. The molecule has 0 spiro atoms. The summed E-state index contributed by atoms with van der Waals surface area (Å²) in [6.07, 6.45) is 6.15. The van der Waals surface area contributed by atoms with E-state index in [4.69, 9.17) is 4.74 Å². The van der Waals surface area contributed by atoms with Crippen LogP contribution < -0.4 is 0 Å². The molecule has 1 nitrogen and oxygen atoms in total. The SMILES string of the molecule is C/C=C\C(=C/C)COCCBr. The van der Waals surface area contributed by atoms with Crippen molar-refractivity contribution < 1.29 is 4.74 Å². The van der Waals surface area contributed by atoms with Crippen LogP contribution in [0.25, 0.3) is 0 Å². The van der Waals surface area contributed by atoms with E-state index in [1.807, 2.05) is 19.9 Å². The third-order valence-electron chi connectivity index (χ3n) is 1.24. The maximum absolute atomic E-state index is 5.32. The molecule has 0 rings (SSSR count). The number of rotatable bonds is 5. The van der Waals surface area contributed by atoms with E-state index < -0.39 is 0 Å². The van der Waals surface area contributed by atoms with Crippen LogP contribution in [0.15, 0.2) is 23.8 Å². The first-order chi connectivity index (χ1) is 5.35. The quantitative estimate of drug-likeness (QED) is 0.392. The van der Waals surface area contributed by atoms with Crippen LogP contribution >= 0.6 is 15.9 Å². The molecule has 0 unspecified atom stereocenters. The summed E-state index contributed by atoms with van der Waals surface area (Å²) < 4.78 is 5.32. The first-order valence-electron chi connectivity index (χ1n) is 3.76. The van der Waals surface area contributed by atoms with Crippen molar-refractivity contribution >= 4 is 15.9 Å². The topological polar surface area (TPSA) is 9.23 Å². The highest BCUT2D eigenvalue weighted by atomic mass is 79.9. The van der Waals surface area contributed by atoms with E-state index in [0.717, 1.165) is 11.9 Å². The molecule has 0 aromatic rings. The fourth-order valence-corrected chi connectivity index (χ4v) is 0.915. The summed E-state index contributed by atoms with van der Waals surface area (Å²) >= 11 is 3.30. The molecule has 0 aliphatic carbocycles. The van der Waals surface area contributed by atoms with Crippen LogP contribution in [-0.2, 0) is 4.74 Å². The average Bonchev–Trinajstić information content (AvgIpc) is 2.03. The highest BCUT2D eigenvalue weighted by molar-refractivity contribution is 9.09. The van der Waals surface area contributed by atoms with E-state index in [1.165, 1.54) is 5.57 Å². The Kier molecular flexibility index (Phi) is 7.96. The summed E-state index contributed by atoms with van der Waals surface area (Å²) in [5.74, 6) is 0. The van der Waals surface area contributed by atoms with Crippen molar-refractivity contribution in [3.63, 3.8) is 0 Å². The molecule has 0 atom stereocenters. The van der Waals surface area contributed by atoms with Crippen LogP contribution in [0.4, 0.5) is 0 Å². The van der Waals surface area contributed by atoms with Crippen LogP contribution in [0.5, 0.6) is 0 Å². The Labute approximate surface area is 77.3 Å². The fourth-order valence-electron chi connectivity index (χ4n) is 0.686. The van der Waals surface area contributed by atoms with Gasteiger partial charge in [0, 0.05) is 5.33 Å². The van der Waals surface area contributed by atoms with Crippen LogP contribution in [-0.4, -0.2) is 18.5 Å². The van der Waals surface area contributed by atoms with Crippen molar-refractivity contribution in [2.24, 2.45) is 0 Å². The molecule has 0 bridgehead atoms.